The summed E-state index contributed by atoms with van der Waals surface area (Å²) in [7, 11) is 0. The van der Waals surface area contributed by atoms with Gasteiger partial charge in [-0.15, -0.1) is 0 Å². The summed E-state index contributed by atoms with van der Waals surface area (Å²) in [4.78, 5) is 0. The Labute approximate surface area is 155 Å². The number of nitrogens with zero attached hydrogens (tertiary/aromatic N) is 1. The van der Waals surface area contributed by atoms with E-state index in [4.69, 9.17) is 54.3 Å². The number of rotatable bonds is 7. The lowest BCUT2D eigenvalue weighted by Crippen LogP contribution is -2.10. The molecule has 2 aromatic carbocycles. The van der Waals surface area contributed by atoms with Crippen molar-refractivity contribution in [2.45, 2.75) is 6.92 Å². The predicted octanol–water partition coefficient (Wildman–Crippen LogP) is 5.37. The van der Waals surface area contributed by atoms with E-state index in [-0.39, 0.29) is 13.2 Å². The smallest absolute Gasteiger partial charge is 0.179 e. The lowest BCUT2D eigenvalue weighted by atomic mass is 10.2. The zero-order valence-electron chi connectivity index (χ0n) is 12.8. The van der Waals surface area contributed by atoms with Crippen LogP contribution in [0.2, 0.25) is 15.1 Å². The van der Waals surface area contributed by atoms with Crippen LogP contribution in [0.3, 0.4) is 0 Å². The van der Waals surface area contributed by atoms with Gasteiger partial charge in [0.05, 0.1) is 28.3 Å². The highest BCUT2D eigenvalue weighted by molar-refractivity contribution is 6.34. The summed E-state index contributed by atoms with van der Waals surface area (Å²) in [5.41, 5.74) is 0.401. The van der Waals surface area contributed by atoms with Crippen molar-refractivity contribution in [3.63, 3.8) is 0 Å². The van der Waals surface area contributed by atoms with E-state index in [1.54, 1.807) is 24.3 Å². The van der Waals surface area contributed by atoms with Gasteiger partial charge in [-0.25, -0.2) is 0 Å². The van der Waals surface area contributed by atoms with E-state index in [1.165, 1.54) is 6.07 Å². The molecule has 4 nitrogen and oxygen atoms in total. The number of nitriles is 1. The van der Waals surface area contributed by atoms with Crippen LogP contribution in [0.4, 0.5) is 0 Å². The number of hydrogen-bond donors (Lipinski definition) is 0. The Kier molecular flexibility index (Phi) is 6.86. The minimum absolute atomic E-state index is 0.217. The molecule has 0 atom stereocenters. The van der Waals surface area contributed by atoms with Crippen molar-refractivity contribution in [2.75, 3.05) is 19.8 Å². The van der Waals surface area contributed by atoms with Crippen LogP contribution in [0, 0.1) is 11.3 Å². The van der Waals surface area contributed by atoms with Gasteiger partial charge in [-0.05, 0) is 25.1 Å². The molecule has 0 aromatic heterocycles. The van der Waals surface area contributed by atoms with E-state index in [1.807, 2.05) is 13.0 Å². The van der Waals surface area contributed by atoms with Gasteiger partial charge in [-0.3, -0.25) is 0 Å². The topological polar surface area (TPSA) is 51.5 Å². The van der Waals surface area contributed by atoms with E-state index in [9.17, 15) is 0 Å². The maximum absolute atomic E-state index is 8.99. The molecule has 0 aliphatic carbocycles. The molecule has 0 bridgehead atoms. The molecule has 0 N–H and O–H groups in total. The van der Waals surface area contributed by atoms with Crippen LogP contribution in [0.15, 0.2) is 30.3 Å². The van der Waals surface area contributed by atoms with Gasteiger partial charge in [0.15, 0.2) is 11.5 Å². The van der Waals surface area contributed by atoms with Crippen LogP contribution in [0.1, 0.15) is 12.5 Å². The van der Waals surface area contributed by atoms with Gasteiger partial charge in [0.25, 0.3) is 0 Å². The van der Waals surface area contributed by atoms with E-state index in [2.05, 4.69) is 0 Å². The van der Waals surface area contributed by atoms with Crippen LogP contribution < -0.4 is 14.2 Å². The van der Waals surface area contributed by atoms with Crippen molar-refractivity contribution in [1.82, 2.24) is 0 Å². The van der Waals surface area contributed by atoms with Crippen molar-refractivity contribution in [1.29, 1.82) is 5.26 Å². The summed E-state index contributed by atoms with van der Waals surface area (Å²) in [6.45, 7) is 2.72. The summed E-state index contributed by atoms with van der Waals surface area (Å²) in [5.74, 6) is 1.27. The van der Waals surface area contributed by atoms with Crippen LogP contribution in [-0.4, -0.2) is 19.8 Å². The molecule has 0 saturated carbocycles. The van der Waals surface area contributed by atoms with Crippen molar-refractivity contribution in [2.24, 2.45) is 0 Å². The average molecular weight is 387 g/mol. The van der Waals surface area contributed by atoms with Gasteiger partial charge in [-0.2, -0.15) is 5.26 Å². The van der Waals surface area contributed by atoms with Gasteiger partial charge in [-0.1, -0.05) is 34.8 Å². The molecule has 2 aromatic rings. The standard InChI is InChI=1S/C17H14Cl3NO3/c1-2-22-16-8-11(10-21)7-14(20)17(16)24-6-5-23-15-9-12(18)3-4-13(15)19/h3-4,7-9H,2,5-6H2,1H3. The van der Waals surface area contributed by atoms with Crippen molar-refractivity contribution in [3.05, 3.63) is 51.0 Å². The number of hydrogen-bond acceptors (Lipinski definition) is 4. The molecule has 0 unspecified atom stereocenters. The highest BCUT2D eigenvalue weighted by atomic mass is 35.5. The van der Waals surface area contributed by atoms with Crippen LogP contribution >= 0.6 is 34.8 Å². The lowest BCUT2D eigenvalue weighted by molar-refractivity contribution is 0.208. The minimum atomic E-state index is 0.217. The fourth-order valence-corrected chi connectivity index (χ4v) is 2.52. The Morgan fingerprint density at radius 2 is 1.67 bits per heavy atom. The Morgan fingerprint density at radius 1 is 0.917 bits per heavy atom. The van der Waals surface area contributed by atoms with Gasteiger partial charge in [0.1, 0.15) is 19.0 Å². The molecule has 0 spiro atoms. The second kappa shape index (κ2) is 8.89. The summed E-state index contributed by atoms with van der Waals surface area (Å²) >= 11 is 18.1. The molecule has 0 saturated heterocycles. The first-order valence-electron chi connectivity index (χ1n) is 7.12. The highest BCUT2D eigenvalue weighted by Gasteiger charge is 2.13. The molecule has 24 heavy (non-hydrogen) atoms. The summed E-state index contributed by atoms with van der Waals surface area (Å²) in [6, 6.07) is 10.1. The zero-order chi connectivity index (χ0) is 17.5. The third kappa shape index (κ3) is 4.85. The highest BCUT2D eigenvalue weighted by Crippen LogP contribution is 2.36. The van der Waals surface area contributed by atoms with Crippen molar-refractivity contribution >= 4 is 34.8 Å². The number of ether oxygens (including phenoxy) is 3. The second-order valence-corrected chi connectivity index (χ2v) is 5.85. The minimum Gasteiger partial charge on any atom is -0.490 e. The van der Waals surface area contributed by atoms with Crippen molar-refractivity contribution in [3.8, 4) is 23.3 Å². The molecule has 0 fully saturated rings. The first-order chi connectivity index (χ1) is 11.5. The molecule has 0 amide bonds. The normalized spacial score (nSPS) is 10.1. The van der Waals surface area contributed by atoms with Crippen molar-refractivity contribution < 1.29 is 14.2 Å². The molecular weight excluding hydrogens is 373 g/mol. The Hall–Kier alpha value is -1.80. The molecule has 2 rings (SSSR count). The fraction of sp³-hybridized carbons (Fsp3) is 0.235. The Bertz CT molecular complexity index is 759. The molecule has 7 heteroatoms. The molecule has 0 aliphatic rings. The van der Waals surface area contributed by atoms with Gasteiger partial charge in [0, 0.05) is 17.2 Å². The predicted molar refractivity (Wildman–Crippen MR) is 94.8 cm³/mol. The first kappa shape index (κ1) is 18.5. The van der Waals surface area contributed by atoms with Gasteiger partial charge in [0.2, 0.25) is 0 Å². The third-order valence-corrected chi connectivity index (χ3v) is 3.75. The number of halogens is 3. The van der Waals surface area contributed by atoms with Gasteiger partial charge < -0.3 is 14.2 Å². The van der Waals surface area contributed by atoms with Crippen LogP contribution in [-0.2, 0) is 0 Å². The van der Waals surface area contributed by atoms with Crippen LogP contribution in [0.5, 0.6) is 17.2 Å². The summed E-state index contributed by atoms with van der Waals surface area (Å²) in [6.07, 6.45) is 0. The Balaban J connectivity index is 2.01. The van der Waals surface area contributed by atoms with E-state index in [0.29, 0.717) is 44.5 Å². The van der Waals surface area contributed by atoms with E-state index >= 15 is 0 Å². The van der Waals surface area contributed by atoms with E-state index < -0.39 is 0 Å². The quantitative estimate of drug-likeness (QED) is 0.600. The first-order valence-corrected chi connectivity index (χ1v) is 8.25. The van der Waals surface area contributed by atoms with Crippen LogP contribution in [0.25, 0.3) is 0 Å². The van der Waals surface area contributed by atoms with E-state index in [0.717, 1.165) is 0 Å². The third-order valence-electron chi connectivity index (χ3n) is 2.92. The zero-order valence-corrected chi connectivity index (χ0v) is 15.1. The SMILES string of the molecule is CCOc1cc(C#N)cc(Cl)c1OCCOc1cc(Cl)ccc1Cl. The lowest BCUT2D eigenvalue weighted by Gasteiger charge is -2.14. The molecular formula is C17H14Cl3NO3. The second-order valence-electron chi connectivity index (χ2n) is 4.60. The average Bonchev–Trinajstić information content (AvgIpc) is 2.56. The monoisotopic (exact) mass is 385 g/mol. The van der Waals surface area contributed by atoms with Gasteiger partial charge >= 0.3 is 0 Å². The number of benzene rings is 2. The largest absolute Gasteiger partial charge is 0.490 e. The maximum Gasteiger partial charge on any atom is 0.179 e. The fourth-order valence-electron chi connectivity index (χ4n) is 1.92. The summed E-state index contributed by atoms with van der Waals surface area (Å²) in [5, 5.41) is 10.3. The molecule has 0 radical (unpaired) electrons. The summed E-state index contributed by atoms with van der Waals surface area (Å²) < 4.78 is 16.7. The maximum atomic E-state index is 8.99. The Morgan fingerprint density at radius 3 is 2.38 bits per heavy atom. The molecule has 126 valence electrons. The molecule has 0 aliphatic heterocycles. The molecule has 0 heterocycles.